The van der Waals surface area contributed by atoms with Gasteiger partial charge in [0.15, 0.2) is 11.5 Å². The molecule has 0 saturated carbocycles. The van der Waals surface area contributed by atoms with Gasteiger partial charge in [-0.3, -0.25) is 0 Å². The van der Waals surface area contributed by atoms with E-state index in [-0.39, 0.29) is 17.1 Å². The zero-order valence-electron chi connectivity index (χ0n) is 18.1. The number of hydrogen-bond donors (Lipinski definition) is 2. The first-order valence-corrected chi connectivity index (χ1v) is 10.6. The number of phenols is 2. The lowest BCUT2D eigenvalue weighted by Crippen LogP contribution is -2.33. The van der Waals surface area contributed by atoms with Crippen molar-refractivity contribution < 1.29 is 24.4 Å². The van der Waals surface area contributed by atoms with Gasteiger partial charge in [-0.15, -0.1) is 0 Å². The number of aromatic hydroxyl groups is 2. The van der Waals surface area contributed by atoms with Crippen molar-refractivity contribution >= 4 is 11.6 Å². The first-order valence-electron chi connectivity index (χ1n) is 10.6. The zero-order valence-corrected chi connectivity index (χ0v) is 18.1. The highest BCUT2D eigenvalue weighted by atomic mass is 16.5. The molecule has 2 aliphatic rings. The monoisotopic (exact) mass is 410 g/mol. The van der Waals surface area contributed by atoms with Crippen LogP contribution in [0, 0.1) is 5.92 Å². The summed E-state index contributed by atoms with van der Waals surface area (Å²) in [7, 11) is 0. The summed E-state index contributed by atoms with van der Waals surface area (Å²) in [6.45, 7) is 9.29. The quantitative estimate of drug-likeness (QED) is 0.675. The summed E-state index contributed by atoms with van der Waals surface area (Å²) >= 11 is 0. The van der Waals surface area contributed by atoms with Crippen molar-refractivity contribution in [3.05, 3.63) is 41.0 Å². The minimum atomic E-state index is -0.166. The first kappa shape index (κ1) is 20.5. The van der Waals surface area contributed by atoms with Crippen molar-refractivity contribution in [2.24, 2.45) is 5.92 Å². The van der Waals surface area contributed by atoms with Gasteiger partial charge < -0.3 is 24.4 Å². The van der Waals surface area contributed by atoms with Crippen molar-refractivity contribution in [1.82, 2.24) is 0 Å². The number of hydrogen-bond acceptors (Lipinski definition) is 5. The van der Waals surface area contributed by atoms with Gasteiger partial charge in [-0.25, -0.2) is 0 Å². The molecule has 2 heterocycles. The second-order valence-corrected chi connectivity index (χ2v) is 9.15. The van der Waals surface area contributed by atoms with Gasteiger partial charge in [-0.1, -0.05) is 13.8 Å². The molecule has 0 bridgehead atoms. The van der Waals surface area contributed by atoms with Gasteiger partial charge >= 0.3 is 0 Å². The Kier molecular flexibility index (Phi) is 5.31. The second-order valence-electron chi connectivity index (χ2n) is 9.15. The van der Waals surface area contributed by atoms with Gasteiger partial charge in [0.25, 0.3) is 0 Å². The summed E-state index contributed by atoms with van der Waals surface area (Å²) in [6.07, 6.45) is 4.76. The lowest BCUT2D eigenvalue weighted by atomic mass is 9.91. The van der Waals surface area contributed by atoms with E-state index in [1.54, 1.807) is 6.07 Å². The van der Waals surface area contributed by atoms with Crippen LogP contribution in [0.15, 0.2) is 24.3 Å². The molecule has 0 radical (unpaired) electrons. The van der Waals surface area contributed by atoms with Gasteiger partial charge in [0, 0.05) is 28.3 Å². The number of benzene rings is 2. The van der Waals surface area contributed by atoms with E-state index in [4.69, 9.17) is 14.2 Å². The Balaban J connectivity index is 1.64. The van der Waals surface area contributed by atoms with Crippen LogP contribution in [0.2, 0.25) is 0 Å². The summed E-state index contributed by atoms with van der Waals surface area (Å²) in [6, 6.07) is 7.01. The molecule has 4 rings (SSSR count). The summed E-state index contributed by atoms with van der Waals surface area (Å²) in [4.78, 5) is 0. The Hall–Kier alpha value is -2.82. The van der Waals surface area contributed by atoms with Gasteiger partial charge in [-0.2, -0.15) is 0 Å². The molecule has 2 aromatic carbocycles. The molecular weight excluding hydrogens is 380 g/mol. The summed E-state index contributed by atoms with van der Waals surface area (Å²) in [5.74, 6) is 2.57. The van der Waals surface area contributed by atoms with E-state index in [1.807, 2.05) is 18.2 Å². The van der Waals surface area contributed by atoms with Crippen LogP contribution in [0.25, 0.3) is 11.6 Å². The molecule has 0 aliphatic carbocycles. The Morgan fingerprint density at radius 2 is 1.93 bits per heavy atom. The van der Waals surface area contributed by atoms with E-state index in [0.29, 0.717) is 30.4 Å². The molecule has 5 nitrogen and oxygen atoms in total. The molecule has 0 aromatic heterocycles. The van der Waals surface area contributed by atoms with Crippen molar-refractivity contribution in [3.63, 3.8) is 0 Å². The van der Waals surface area contributed by atoms with Crippen molar-refractivity contribution in [2.45, 2.75) is 52.6 Å². The normalized spacial score (nSPS) is 16.8. The minimum Gasteiger partial charge on any atom is -0.507 e. The number of rotatable bonds is 5. The summed E-state index contributed by atoms with van der Waals surface area (Å²) < 4.78 is 18.0. The smallest absolute Gasteiger partial charge is 0.161 e. The molecule has 2 N–H and O–H groups in total. The van der Waals surface area contributed by atoms with Crippen molar-refractivity contribution in [2.75, 3.05) is 13.2 Å². The molecule has 30 heavy (non-hydrogen) atoms. The van der Waals surface area contributed by atoms with E-state index in [9.17, 15) is 10.2 Å². The zero-order chi connectivity index (χ0) is 21.5. The average molecular weight is 411 g/mol. The fourth-order valence-corrected chi connectivity index (χ4v) is 3.89. The number of phenolic OH excluding ortho intramolecular Hbond substituents is 2. The van der Waals surface area contributed by atoms with Gasteiger partial charge in [0.05, 0.1) is 6.61 Å². The molecule has 0 unspecified atom stereocenters. The second kappa shape index (κ2) is 7.78. The Bertz CT molecular complexity index is 988. The SMILES string of the molecule is CC(C)CCOc1cc(C2=Cc3ccc4c(c3OC2)CCC(C)(C)O4)c(O)cc1O. The molecule has 0 amide bonds. The fraction of sp³-hybridized carbons (Fsp3) is 0.440. The van der Waals surface area contributed by atoms with Gasteiger partial charge in [0.1, 0.15) is 29.5 Å². The lowest BCUT2D eigenvalue weighted by molar-refractivity contribution is 0.0834. The van der Waals surface area contributed by atoms with Gasteiger partial charge in [0.2, 0.25) is 0 Å². The minimum absolute atomic E-state index is 0.00468. The van der Waals surface area contributed by atoms with Crippen LogP contribution in [0.4, 0.5) is 0 Å². The molecule has 160 valence electrons. The fourth-order valence-electron chi connectivity index (χ4n) is 3.89. The molecule has 2 aliphatic heterocycles. The number of fused-ring (bicyclic) bond motifs is 3. The Morgan fingerprint density at radius 1 is 1.13 bits per heavy atom. The highest BCUT2D eigenvalue weighted by molar-refractivity contribution is 5.89. The third-order valence-corrected chi connectivity index (χ3v) is 5.69. The van der Waals surface area contributed by atoms with E-state index < -0.39 is 0 Å². The molecule has 2 aromatic rings. The molecule has 0 spiro atoms. The van der Waals surface area contributed by atoms with Crippen molar-refractivity contribution in [1.29, 1.82) is 0 Å². The highest BCUT2D eigenvalue weighted by Gasteiger charge is 2.30. The predicted molar refractivity (Wildman–Crippen MR) is 118 cm³/mol. The summed E-state index contributed by atoms with van der Waals surface area (Å²) in [5, 5.41) is 20.6. The Morgan fingerprint density at radius 3 is 2.70 bits per heavy atom. The topological polar surface area (TPSA) is 68.2 Å². The maximum Gasteiger partial charge on any atom is 0.161 e. The third kappa shape index (κ3) is 4.07. The van der Waals surface area contributed by atoms with E-state index in [1.165, 1.54) is 6.07 Å². The van der Waals surface area contributed by atoms with E-state index >= 15 is 0 Å². The lowest BCUT2D eigenvalue weighted by Gasteiger charge is -2.34. The van der Waals surface area contributed by atoms with Crippen LogP contribution in [0.1, 0.15) is 57.2 Å². The standard InChI is InChI=1S/C25H30O5/c1-15(2)8-10-28-23-12-19(20(26)13-21(23)27)17-11-16-5-6-22-18(24(16)29-14-17)7-9-25(3,4)30-22/h5-6,11-13,15,26-27H,7-10,14H2,1-4H3. The van der Waals surface area contributed by atoms with E-state index in [2.05, 4.69) is 27.7 Å². The van der Waals surface area contributed by atoms with Crippen LogP contribution < -0.4 is 14.2 Å². The third-order valence-electron chi connectivity index (χ3n) is 5.69. The molecular formula is C25H30O5. The largest absolute Gasteiger partial charge is 0.507 e. The molecule has 0 atom stereocenters. The first-order chi connectivity index (χ1) is 14.2. The van der Waals surface area contributed by atoms with Gasteiger partial charge in [-0.05, 0) is 63.3 Å². The Labute approximate surface area is 177 Å². The van der Waals surface area contributed by atoms with Crippen LogP contribution in [0.5, 0.6) is 28.7 Å². The van der Waals surface area contributed by atoms with Crippen LogP contribution in [-0.2, 0) is 6.42 Å². The molecule has 0 fully saturated rings. The summed E-state index contributed by atoms with van der Waals surface area (Å²) in [5.41, 5.74) is 3.35. The maximum atomic E-state index is 10.4. The number of ether oxygens (including phenoxy) is 3. The highest BCUT2D eigenvalue weighted by Crippen LogP contribution is 2.45. The molecule has 5 heteroatoms. The van der Waals surface area contributed by atoms with Crippen molar-refractivity contribution in [3.8, 4) is 28.7 Å². The predicted octanol–water partition coefficient (Wildman–Crippen LogP) is 5.56. The van der Waals surface area contributed by atoms with Crippen LogP contribution in [0.3, 0.4) is 0 Å². The van der Waals surface area contributed by atoms with E-state index in [0.717, 1.165) is 47.5 Å². The van der Waals surface area contributed by atoms with Crippen LogP contribution in [-0.4, -0.2) is 29.0 Å². The molecule has 0 saturated heterocycles. The average Bonchev–Trinajstić information content (AvgIpc) is 2.68. The maximum absolute atomic E-state index is 10.4. The van der Waals surface area contributed by atoms with Crippen LogP contribution >= 0.6 is 0 Å².